The summed E-state index contributed by atoms with van der Waals surface area (Å²) in [5, 5.41) is 9.15. The maximum atomic E-state index is 9.15. The first-order valence-electron chi connectivity index (χ1n) is 5.38. The normalized spacial score (nSPS) is 46.4. The smallest absolute Gasteiger partial charge is 0.0837 e. The fourth-order valence-corrected chi connectivity index (χ4v) is 2.31. The number of aliphatic hydroxyl groups excluding tert-OH is 1. The Morgan fingerprint density at radius 1 is 1.00 bits per heavy atom. The van der Waals surface area contributed by atoms with Crippen LogP contribution in [0, 0.1) is 17.8 Å². The van der Waals surface area contributed by atoms with Crippen LogP contribution in [0.3, 0.4) is 0 Å². The van der Waals surface area contributed by atoms with E-state index in [0.29, 0.717) is 23.9 Å². The molecule has 0 aromatic heterocycles. The number of rotatable bonds is 2. The molecule has 1 heterocycles. The third-order valence-electron chi connectivity index (χ3n) is 3.76. The van der Waals surface area contributed by atoms with E-state index in [-0.39, 0.29) is 12.7 Å². The Morgan fingerprint density at radius 2 is 1.54 bits per heavy atom. The van der Waals surface area contributed by atoms with Crippen molar-refractivity contribution in [2.45, 2.75) is 46.3 Å². The van der Waals surface area contributed by atoms with Crippen molar-refractivity contribution in [1.29, 1.82) is 0 Å². The molecular weight excluding hydrogens is 164 g/mol. The van der Waals surface area contributed by atoms with Gasteiger partial charge in [-0.25, -0.2) is 0 Å². The lowest BCUT2D eigenvalue weighted by Crippen LogP contribution is -2.45. The van der Waals surface area contributed by atoms with E-state index in [1.165, 1.54) is 0 Å². The second-order valence-corrected chi connectivity index (χ2v) is 4.38. The zero-order valence-corrected chi connectivity index (χ0v) is 9.16. The van der Waals surface area contributed by atoms with E-state index in [0.717, 1.165) is 6.42 Å². The predicted octanol–water partition coefficient (Wildman–Crippen LogP) is 2.06. The fraction of sp³-hybridized carbons (Fsp3) is 1.00. The molecule has 0 radical (unpaired) electrons. The average Bonchev–Trinajstić information content (AvgIpc) is 2.15. The van der Waals surface area contributed by atoms with Gasteiger partial charge >= 0.3 is 0 Å². The molecule has 13 heavy (non-hydrogen) atoms. The summed E-state index contributed by atoms with van der Waals surface area (Å²) in [6.07, 6.45) is 1.44. The Bertz CT molecular complexity index is 138. The van der Waals surface area contributed by atoms with Crippen LogP contribution in [0.15, 0.2) is 0 Å². The lowest BCUT2D eigenvalue weighted by molar-refractivity contribution is -0.148. The largest absolute Gasteiger partial charge is 0.394 e. The molecule has 1 N–H and O–H groups in total. The molecule has 5 atom stereocenters. The highest BCUT2D eigenvalue weighted by Crippen LogP contribution is 2.35. The highest BCUT2D eigenvalue weighted by Gasteiger charge is 2.37. The van der Waals surface area contributed by atoms with Gasteiger partial charge in [-0.1, -0.05) is 27.7 Å². The summed E-state index contributed by atoms with van der Waals surface area (Å²) in [6, 6.07) is 0. The molecule has 1 aliphatic heterocycles. The Balaban J connectivity index is 2.66. The first-order chi connectivity index (χ1) is 6.11. The first-order valence-corrected chi connectivity index (χ1v) is 5.38. The molecule has 0 aromatic carbocycles. The molecule has 0 aliphatic carbocycles. The fourth-order valence-electron chi connectivity index (χ4n) is 2.31. The van der Waals surface area contributed by atoms with Crippen molar-refractivity contribution in [3.05, 3.63) is 0 Å². The van der Waals surface area contributed by atoms with Crippen LogP contribution in [0.4, 0.5) is 0 Å². The molecule has 0 spiro atoms. The third kappa shape index (κ3) is 2.05. The van der Waals surface area contributed by atoms with Gasteiger partial charge < -0.3 is 9.84 Å². The van der Waals surface area contributed by atoms with Crippen LogP contribution in [-0.2, 0) is 4.74 Å². The van der Waals surface area contributed by atoms with Crippen LogP contribution in [0.25, 0.3) is 0 Å². The summed E-state index contributed by atoms with van der Waals surface area (Å²) >= 11 is 0. The highest BCUT2D eigenvalue weighted by atomic mass is 16.5. The summed E-state index contributed by atoms with van der Waals surface area (Å²) < 4.78 is 5.83. The Kier molecular flexibility index (Phi) is 3.74. The molecule has 2 nitrogen and oxygen atoms in total. The van der Waals surface area contributed by atoms with E-state index < -0.39 is 0 Å². The van der Waals surface area contributed by atoms with E-state index in [1.807, 2.05) is 0 Å². The molecular formula is C11H22O2. The maximum absolute atomic E-state index is 9.15. The summed E-state index contributed by atoms with van der Waals surface area (Å²) in [6.45, 7) is 9.01. The van der Waals surface area contributed by atoms with E-state index in [4.69, 9.17) is 9.84 Å². The second-order valence-electron chi connectivity index (χ2n) is 4.38. The zero-order chi connectivity index (χ0) is 10.0. The minimum Gasteiger partial charge on any atom is -0.394 e. The lowest BCUT2D eigenvalue weighted by atomic mass is 9.76. The van der Waals surface area contributed by atoms with E-state index in [2.05, 4.69) is 27.7 Å². The quantitative estimate of drug-likeness (QED) is 0.715. The molecule has 0 amide bonds. The van der Waals surface area contributed by atoms with E-state index in [9.17, 15) is 0 Å². The molecule has 1 fully saturated rings. The van der Waals surface area contributed by atoms with Crippen LogP contribution >= 0.6 is 0 Å². The molecule has 1 saturated heterocycles. The Morgan fingerprint density at radius 3 is 2.00 bits per heavy atom. The van der Waals surface area contributed by atoms with Crippen molar-refractivity contribution < 1.29 is 9.84 Å². The van der Waals surface area contributed by atoms with Crippen LogP contribution in [-0.4, -0.2) is 23.9 Å². The van der Waals surface area contributed by atoms with Crippen molar-refractivity contribution in [2.75, 3.05) is 6.61 Å². The number of ether oxygens (including phenoxy) is 1. The summed E-state index contributed by atoms with van der Waals surface area (Å²) in [5.74, 6) is 1.74. The topological polar surface area (TPSA) is 29.5 Å². The minimum atomic E-state index is 0.0520. The molecule has 0 aromatic rings. The SMILES string of the molecule is CC[C@H]1O[C@@H](CO)[C@H](C)[C@@H](C)[C@@H]1C. The van der Waals surface area contributed by atoms with Gasteiger partial charge in [-0.3, -0.25) is 0 Å². The predicted molar refractivity (Wildman–Crippen MR) is 53.5 cm³/mol. The molecule has 1 aliphatic rings. The van der Waals surface area contributed by atoms with Gasteiger partial charge in [-0.05, 0) is 24.2 Å². The highest BCUT2D eigenvalue weighted by molar-refractivity contribution is 4.84. The van der Waals surface area contributed by atoms with Crippen molar-refractivity contribution >= 4 is 0 Å². The minimum absolute atomic E-state index is 0.0520. The van der Waals surface area contributed by atoms with Crippen LogP contribution < -0.4 is 0 Å². The molecule has 0 unspecified atom stereocenters. The Labute approximate surface area is 81.3 Å². The average molecular weight is 186 g/mol. The van der Waals surface area contributed by atoms with Crippen LogP contribution in [0.5, 0.6) is 0 Å². The van der Waals surface area contributed by atoms with Gasteiger partial charge in [0.1, 0.15) is 0 Å². The van der Waals surface area contributed by atoms with Gasteiger partial charge in [0.25, 0.3) is 0 Å². The standard InChI is InChI=1S/C11H22O2/c1-5-10-8(3)7(2)9(4)11(6-12)13-10/h7-12H,5-6H2,1-4H3/t7-,8-,9+,10+,11-/m0/s1. The molecule has 78 valence electrons. The van der Waals surface area contributed by atoms with E-state index >= 15 is 0 Å². The van der Waals surface area contributed by atoms with Gasteiger partial charge in [0.05, 0.1) is 18.8 Å². The monoisotopic (exact) mass is 186 g/mol. The summed E-state index contributed by atoms with van der Waals surface area (Å²) in [7, 11) is 0. The second kappa shape index (κ2) is 4.43. The van der Waals surface area contributed by atoms with Crippen molar-refractivity contribution in [3.8, 4) is 0 Å². The molecule has 0 saturated carbocycles. The van der Waals surface area contributed by atoms with Crippen LogP contribution in [0.2, 0.25) is 0 Å². The van der Waals surface area contributed by atoms with Gasteiger partial charge in [0.2, 0.25) is 0 Å². The van der Waals surface area contributed by atoms with Crippen molar-refractivity contribution in [3.63, 3.8) is 0 Å². The molecule has 0 bridgehead atoms. The van der Waals surface area contributed by atoms with Gasteiger partial charge in [0.15, 0.2) is 0 Å². The van der Waals surface area contributed by atoms with Crippen molar-refractivity contribution in [1.82, 2.24) is 0 Å². The Hall–Kier alpha value is -0.0800. The lowest BCUT2D eigenvalue weighted by Gasteiger charge is -2.43. The summed E-state index contributed by atoms with van der Waals surface area (Å²) in [5.41, 5.74) is 0. The third-order valence-corrected chi connectivity index (χ3v) is 3.76. The van der Waals surface area contributed by atoms with Crippen molar-refractivity contribution in [2.24, 2.45) is 17.8 Å². The van der Waals surface area contributed by atoms with Gasteiger partial charge in [-0.2, -0.15) is 0 Å². The molecule has 2 heteroatoms. The van der Waals surface area contributed by atoms with Crippen LogP contribution in [0.1, 0.15) is 34.1 Å². The summed E-state index contributed by atoms with van der Waals surface area (Å²) in [4.78, 5) is 0. The number of hydrogen-bond acceptors (Lipinski definition) is 2. The van der Waals surface area contributed by atoms with E-state index in [1.54, 1.807) is 0 Å². The van der Waals surface area contributed by atoms with Gasteiger partial charge in [-0.15, -0.1) is 0 Å². The number of hydrogen-bond donors (Lipinski definition) is 1. The number of aliphatic hydroxyl groups is 1. The first kappa shape index (κ1) is 11.0. The maximum Gasteiger partial charge on any atom is 0.0837 e. The van der Waals surface area contributed by atoms with Gasteiger partial charge in [0, 0.05) is 0 Å². The zero-order valence-electron chi connectivity index (χ0n) is 9.16. The molecule has 1 rings (SSSR count).